The molecular formula is C13H18N2O5S. The summed E-state index contributed by atoms with van der Waals surface area (Å²) in [6.07, 6.45) is 0.415. The van der Waals surface area contributed by atoms with Gasteiger partial charge >= 0.3 is 5.97 Å². The first-order valence-electron chi connectivity index (χ1n) is 6.57. The molecule has 1 aromatic carbocycles. The molecule has 0 aliphatic carbocycles. The minimum Gasteiger partial charge on any atom is -0.478 e. The average molecular weight is 314 g/mol. The number of nitrogens with zero attached hydrogens (tertiary/aromatic N) is 1. The van der Waals surface area contributed by atoms with E-state index in [0.29, 0.717) is 19.6 Å². The highest BCUT2D eigenvalue weighted by Crippen LogP contribution is 2.25. The van der Waals surface area contributed by atoms with Crippen LogP contribution in [0.1, 0.15) is 23.7 Å². The van der Waals surface area contributed by atoms with Gasteiger partial charge in [-0.2, -0.15) is 4.31 Å². The summed E-state index contributed by atoms with van der Waals surface area (Å²) in [6, 6.07) is 3.64. The topological polar surface area (TPSA) is 110 Å². The number of sulfonamides is 1. The van der Waals surface area contributed by atoms with E-state index in [1.807, 2.05) is 6.92 Å². The Kier molecular flexibility index (Phi) is 4.50. The lowest BCUT2D eigenvalue weighted by molar-refractivity contribution is 0.0696. The summed E-state index contributed by atoms with van der Waals surface area (Å²) in [6.45, 7) is 2.93. The van der Waals surface area contributed by atoms with Crippen molar-refractivity contribution in [2.75, 3.05) is 25.4 Å². The Morgan fingerprint density at radius 3 is 2.81 bits per heavy atom. The fraction of sp³-hybridized carbons (Fsp3) is 0.462. The van der Waals surface area contributed by atoms with E-state index < -0.39 is 16.0 Å². The highest BCUT2D eigenvalue weighted by molar-refractivity contribution is 7.89. The molecule has 0 aromatic heterocycles. The molecule has 0 bridgehead atoms. The molecule has 0 amide bonds. The maximum atomic E-state index is 12.6. The van der Waals surface area contributed by atoms with Crippen LogP contribution < -0.4 is 5.73 Å². The van der Waals surface area contributed by atoms with E-state index in [1.165, 1.54) is 16.4 Å². The molecule has 116 valence electrons. The third-order valence-electron chi connectivity index (χ3n) is 3.29. The largest absolute Gasteiger partial charge is 0.478 e. The van der Waals surface area contributed by atoms with Gasteiger partial charge in [0.25, 0.3) is 0 Å². The number of aromatic carboxylic acids is 1. The van der Waals surface area contributed by atoms with Gasteiger partial charge in [0.05, 0.1) is 17.4 Å². The van der Waals surface area contributed by atoms with E-state index in [-0.39, 0.29) is 28.8 Å². The van der Waals surface area contributed by atoms with Crippen molar-refractivity contribution in [3.8, 4) is 0 Å². The molecule has 1 fully saturated rings. The smallest absolute Gasteiger partial charge is 0.335 e. The Labute approximate surface area is 123 Å². The van der Waals surface area contributed by atoms with E-state index >= 15 is 0 Å². The van der Waals surface area contributed by atoms with Gasteiger partial charge in [-0.05, 0) is 31.5 Å². The van der Waals surface area contributed by atoms with Crippen LogP contribution in [0.3, 0.4) is 0 Å². The number of anilines is 1. The second-order valence-electron chi connectivity index (χ2n) is 4.96. The lowest BCUT2D eigenvalue weighted by atomic mass is 10.2. The van der Waals surface area contributed by atoms with Crippen LogP contribution in [-0.4, -0.2) is 49.6 Å². The minimum absolute atomic E-state index is 0.0426. The second kappa shape index (κ2) is 6.00. The van der Waals surface area contributed by atoms with Crippen LogP contribution in [0.4, 0.5) is 5.69 Å². The molecule has 3 N–H and O–H groups in total. The molecule has 1 aromatic rings. The van der Waals surface area contributed by atoms with Crippen molar-refractivity contribution in [1.82, 2.24) is 4.31 Å². The molecule has 1 saturated heterocycles. The number of nitrogen functional groups attached to an aromatic ring is 1. The number of carboxylic acids is 1. The van der Waals surface area contributed by atoms with E-state index in [1.54, 1.807) is 0 Å². The van der Waals surface area contributed by atoms with Gasteiger partial charge < -0.3 is 15.6 Å². The SMILES string of the molecule is CC1CN(S(=O)(=O)c2ccc(C(=O)O)cc2N)CCCO1. The van der Waals surface area contributed by atoms with Crippen LogP contribution in [0.25, 0.3) is 0 Å². The van der Waals surface area contributed by atoms with Gasteiger partial charge in [-0.25, -0.2) is 13.2 Å². The summed E-state index contributed by atoms with van der Waals surface area (Å²) < 4.78 is 32.0. The van der Waals surface area contributed by atoms with Crippen LogP contribution in [0.5, 0.6) is 0 Å². The van der Waals surface area contributed by atoms with E-state index in [0.717, 1.165) is 6.07 Å². The minimum atomic E-state index is -3.76. The van der Waals surface area contributed by atoms with Gasteiger partial charge in [-0.15, -0.1) is 0 Å². The molecule has 1 atom stereocenters. The van der Waals surface area contributed by atoms with Crippen LogP contribution in [0, 0.1) is 0 Å². The van der Waals surface area contributed by atoms with Crippen LogP contribution >= 0.6 is 0 Å². The van der Waals surface area contributed by atoms with Crippen molar-refractivity contribution in [2.24, 2.45) is 0 Å². The summed E-state index contributed by atoms with van der Waals surface area (Å²) in [7, 11) is -3.76. The van der Waals surface area contributed by atoms with Crippen molar-refractivity contribution < 1.29 is 23.1 Å². The number of benzene rings is 1. The predicted octanol–water partition coefficient (Wildman–Crippen LogP) is 0.767. The number of carbonyl (C=O) groups is 1. The van der Waals surface area contributed by atoms with Crippen LogP contribution in [0.15, 0.2) is 23.1 Å². The first-order chi connectivity index (χ1) is 9.82. The second-order valence-corrected chi connectivity index (χ2v) is 6.86. The normalized spacial score (nSPS) is 20.9. The highest BCUT2D eigenvalue weighted by Gasteiger charge is 2.29. The van der Waals surface area contributed by atoms with Gasteiger partial charge in [0, 0.05) is 19.7 Å². The van der Waals surface area contributed by atoms with Crippen molar-refractivity contribution in [3.63, 3.8) is 0 Å². The summed E-state index contributed by atoms with van der Waals surface area (Å²) >= 11 is 0. The van der Waals surface area contributed by atoms with Crippen LogP contribution in [-0.2, 0) is 14.8 Å². The Morgan fingerprint density at radius 1 is 1.48 bits per heavy atom. The number of ether oxygens (including phenoxy) is 1. The molecule has 21 heavy (non-hydrogen) atoms. The molecule has 1 aliphatic heterocycles. The maximum absolute atomic E-state index is 12.6. The Balaban J connectivity index is 2.37. The first-order valence-corrected chi connectivity index (χ1v) is 8.01. The standard InChI is InChI=1S/C13H18N2O5S/c1-9-8-15(5-2-6-20-9)21(18,19)12-4-3-10(13(16)17)7-11(12)14/h3-4,7,9H,2,5-6,8,14H2,1H3,(H,16,17). The molecule has 7 nitrogen and oxygen atoms in total. The molecule has 0 spiro atoms. The lowest BCUT2D eigenvalue weighted by Gasteiger charge is -2.22. The Morgan fingerprint density at radius 2 is 2.19 bits per heavy atom. The first kappa shape index (κ1) is 15.7. The molecular weight excluding hydrogens is 296 g/mol. The van der Waals surface area contributed by atoms with Gasteiger partial charge in [-0.3, -0.25) is 0 Å². The molecule has 8 heteroatoms. The molecule has 0 saturated carbocycles. The van der Waals surface area contributed by atoms with Crippen molar-refractivity contribution in [1.29, 1.82) is 0 Å². The number of rotatable bonds is 3. The fourth-order valence-corrected chi connectivity index (χ4v) is 3.88. The molecule has 2 rings (SSSR count). The van der Waals surface area contributed by atoms with Crippen molar-refractivity contribution in [2.45, 2.75) is 24.3 Å². The van der Waals surface area contributed by atoms with Crippen molar-refractivity contribution >= 4 is 21.7 Å². The predicted molar refractivity (Wildman–Crippen MR) is 76.6 cm³/mol. The summed E-state index contributed by atoms with van der Waals surface area (Å²) in [4.78, 5) is 10.8. The van der Waals surface area contributed by atoms with Gasteiger partial charge in [-0.1, -0.05) is 0 Å². The van der Waals surface area contributed by atoms with Gasteiger partial charge in [0.15, 0.2) is 0 Å². The van der Waals surface area contributed by atoms with E-state index in [4.69, 9.17) is 15.6 Å². The Hall–Kier alpha value is -1.64. The van der Waals surface area contributed by atoms with Gasteiger partial charge in [0.1, 0.15) is 4.90 Å². The van der Waals surface area contributed by atoms with E-state index in [2.05, 4.69) is 0 Å². The zero-order chi connectivity index (χ0) is 15.6. The zero-order valence-electron chi connectivity index (χ0n) is 11.7. The highest BCUT2D eigenvalue weighted by atomic mass is 32.2. The summed E-state index contributed by atoms with van der Waals surface area (Å²) in [5.74, 6) is -1.15. The third-order valence-corrected chi connectivity index (χ3v) is 5.23. The molecule has 1 heterocycles. The van der Waals surface area contributed by atoms with E-state index in [9.17, 15) is 13.2 Å². The number of carboxylic acid groups (broad SMARTS) is 1. The quantitative estimate of drug-likeness (QED) is 0.797. The summed E-state index contributed by atoms with van der Waals surface area (Å²) in [5.41, 5.74) is 5.62. The third kappa shape index (κ3) is 3.34. The maximum Gasteiger partial charge on any atom is 0.335 e. The fourth-order valence-electron chi connectivity index (χ4n) is 2.23. The Bertz CT molecular complexity index is 644. The lowest BCUT2D eigenvalue weighted by Crippen LogP contribution is -2.36. The number of hydrogen-bond donors (Lipinski definition) is 2. The number of hydrogen-bond acceptors (Lipinski definition) is 5. The van der Waals surface area contributed by atoms with Gasteiger partial charge in [0.2, 0.25) is 10.0 Å². The summed E-state index contributed by atoms with van der Waals surface area (Å²) in [5, 5.41) is 8.89. The monoisotopic (exact) mass is 314 g/mol. The number of nitrogens with two attached hydrogens (primary N) is 1. The molecule has 1 unspecified atom stereocenters. The molecule has 1 aliphatic rings. The zero-order valence-corrected chi connectivity index (χ0v) is 12.5. The average Bonchev–Trinajstić information content (AvgIpc) is 2.63. The molecule has 0 radical (unpaired) electrons. The van der Waals surface area contributed by atoms with Crippen molar-refractivity contribution in [3.05, 3.63) is 23.8 Å². The van der Waals surface area contributed by atoms with Crippen LogP contribution in [0.2, 0.25) is 0 Å².